The number of aryl methyl sites for hydroxylation is 3. The molecule has 0 radical (unpaired) electrons. The highest BCUT2D eigenvalue weighted by Gasteiger charge is 2.27. The number of piperazine rings is 1. The van der Waals surface area contributed by atoms with Gasteiger partial charge in [-0.1, -0.05) is 6.07 Å². The van der Waals surface area contributed by atoms with Gasteiger partial charge in [0.2, 0.25) is 0 Å². The van der Waals surface area contributed by atoms with E-state index in [-0.39, 0.29) is 11.8 Å². The van der Waals surface area contributed by atoms with Crippen molar-refractivity contribution in [3.8, 4) is 0 Å². The molecule has 0 unspecified atom stereocenters. The van der Waals surface area contributed by atoms with Crippen LogP contribution in [0.3, 0.4) is 0 Å². The predicted octanol–water partition coefficient (Wildman–Crippen LogP) is 2.39. The Bertz CT molecular complexity index is 817. The minimum atomic E-state index is -0.0402. The Hall–Kier alpha value is -2.76. The van der Waals surface area contributed by atoms with Gasteiger partial charge in [-0.15, -0.1) is 0 Å². The fourth-order valence-electron chi connectivity index (χ4n) is 3.17. The Balaban J connectivity index is 1.67. The van der Waals surface area contributed by atoms with Gasteiger partial charge in [0.05, 0.1) is 5.56 Å². The summed E-state index contributed by atoms with van der Waals surface area (Å²) >= 11 is 0. The summed E-state index contributed by atoms with van der Waals surface area (Å²) in [5.41, 5.74) is 8.51. The van der Waals surface area contributed by atoms with Crippen LogP contribution in [0.15, 0.2) is 28.7 Å². The third kappa shape index (κ3) is 3.38. The normalized spacial score (nSPS) is 14.7. The van der Waals surface area contributed by atoms with Crippen LogP contribution in [0.25, 0.3) is 0 Å². The average Bonchev–Trinajstić information content (AvgIpc) is 2.94. The maximum atomic E-state index is 12.7. The molecule has 0 spiro atoms. The number of nitrogens with zero attached hydrogens (tertiary/aromatic N) is 2. The molecule has 2 amide bonds. The SMILES string of the molecule is Cc1cc(C(=O)N2CCN(C(=O)c3cc(N)ccc3C)CC2)c(C)o1. The van der Waals surface area contributed by atoms with Gasteiger partial charge in [-0.25, -0.2) is 0 Å². The molecule has 0 aliphatic carbocycles. The molecule has 2 aromatic rings. The van der Waals surface area contributed by atoms with Crippen LogP contribution in [0.5, 0.6) is 0 Å². The molecule has 2 N–H and O–H groups in total. The molecule has 0 saturated carbocycles. The number of carbonyl (C=O) groups is 2. The summed E-state index contributed by atoms with van der Waals surface area (Å²) in [6.07, 6.45) is 0. The molecule has 1 saturated heterocycles. The third-order valence-corrected chi connectivity index (χ3v) is 4.62. The predicted molar refractivity (Wildman–Crippen MR) is 95.6 cm³/mol. The van der Waals surface area contributed by atoms with E-state index in [1.807, 2.05) is 19.9 Å². The first-order valence-electron chi connectivity index (χ1n) is 8.38. The first-order chi connectivity index (χ1) is 11.9. The largest absolute Gasteiger partial charge is 0.466 e. The van der Waals surface area contributed by atoms with Gasteiger partial charge in [0, 0.05) is 37.4 Å². The molecule has 3 rings (SSSR count). The van der Waals surface area contributed by atoms with E-state index in [4.69, 9.17) is 10.2 Å². The lowest BCUT2D eigenvalue weighted by Crippen LogP contribution is -2.50. The first kappa shape index (κ1) is 17.1. The number of rotatable bonds is 2. The van der Waals surface area contributed by atoms with Gasteiger partial charge in [-0.3, -0.25) is 9.59 Å². The number of nitrogens with two attached hydrogens (primary N) is 1. The first-order valence-corrected chi connectivity index (χ1v) is 8.38. The number of nitrogen functional groups attached to an aromatic ring is 1. The average molecular weight is 341 g/mol. The lowest BCUT2D eigenvalue weighted by Gasteiger charge is -2.35. The highest BCUT2D eigenvalue weighted by molar-refractivity contribution is 5.97. The van der Waals surface area contributed by atoms with Crippen molar-refractivity contribution in [1.29, 1.82) is 0 Å². The maximum Gasteiger partial charge on any atom is 0.257 e. The Morgan fingerprint density at radius 3 is 2.00 bits per heavy atom. The molecular weight excluding hydrogens is 318 g/mol. The van der Waals surface area contributed by atoms with E-state index in [1.165, 1.54) is 0 Å². The summed E-state index contributed by atoms with van der Waals surface area (Å²) in [6, 6.07) is 7.13. The van der Waals surface area contributed by atoms with Crippen LogP contribution in [0.1, 0.15) is 37.8 Å². The molecule has 1 aliphatic rings. The zero-order valence-electron chi connectivity index (χ0n) is 14.8. The second-order valence-corrected chi connectivity index (χ2v) is 6.49. The third-order valence-electron chi connectivity index (χ3n) is 4.62. The highest BCUT2D eigenvalue weighted by atomic mass is 16.3. The second kappa shape index (κ2) is 6.63. The van der Waals surface area contributed by atoms with Gasteiger partial charge >= 0.3 is 0 Å². The van der Waals surface area contributed by atoms with Crippen molar-refractivity contribution in [3.05, 3.63) is 52.5 Å². The summed E-state index contributed by atoms with van der Waals surface area (Å²) < 4.78 is 5.44. The minimum Gasteiger partial charge on any atom is -0.466 e. The monoisotopic (exact) mass is 341 g/mol. The molecule has 1 aromatic carbocycles. The highest BCUT2D eigenvalue weighted by Crippen LogP contribution is 2.19. The van der Waals surface area contributed by atoms with E-state index in [2.05, 4.69) is 0 Å². The van der Waals surface area contributed by atoms with Crippen LogP contribution in [-0.4, -0.2) is 47.8 Å². The van der Waals surface area contributed by atoms with Crippen LogP contribution in [0, 0.1) is 20.8 Å². The van der Waals surface area contributed by atoms with Gasteiger partial charge in [-0.05, 0) is 44.5 Å². The van der Waals surface area contributed by atoms with E-state index in [0.29, 0.717) is 48.8 Å². The summed E-state index contributed by atoms with van der Waals surface area (Å²) in [7, 11) is 0. The molecule has 1 aromatic heterocycles. The lowest BCUT2D eigenvalue weighted by atomic mass is 10.1. The summed E-state index contributed by atoms with van der Waals surface area (Å²) in [4.78, 5) is 28.9. The molecule has 132 valence electrons. The molecule has 25 heavy (non-hydrogen) atoms. The number of hydrogen-bond donors (Lipinski definition) is 1. The molecule has 0 bridgehead atoms. The van der Waals surface area contributed by atoms with Gasteiger partial charge in [-0.2, -0.15) is 0 Å². The number of benzene rings is 1. The van der Waals surface area contributed by atoms with E-state index in [9.17, 15) is 9.59 Å². The van der Waals surface area contributed by atoms with E-state index >= 15 is 0 Å². The van der Waals surface area contributed by atoms with Crippen LogP contribution in [0.4, 0.5) is 5.69 Å². The molecule has 2 heterocycles. The zero-order valence-corrected chi connectivity index (χ0v) is 14.8. The number of furan rings is 1. The van der Waals surface area contributed by atoms with Gasteiger partial charge < -0.3 is 20.0 Å². The van der Waals surface area contributed by atoms with E-state index in [0.717, 1.165) is 11.3 Å². The molecule has 6 heteroatoms. The lowest BCUT2D eigenvalue weighted by molar-refractivity contribution is 0.0534. The van der Waals surface area contributed by atoms with Crippen molar-refractivity contribution in [2.24, 2.45) is 0 Å². The standard InChI is InChI=1S/C19H23N3O3/c1-12-4-5-15(20)11-16(12)18(23)21-6-8-22(9-7-21)19(24)17-10-13(2)25-14(17)3/h4-5,10-11H,6-9,20H2,1-3H3. The number of amides is 2. The van der Waals surface area contributed by atoms with Gasteiger partial charge in [0.25, 0.3) is 11.8 Å². The fraction of sp³-hybridized carbons (Fsp3) is 0.368. The number of carbonyl (C=O) groups excluding carboxylic acids is 2. The maximum absolute atomic E-state index is 12.7. The van der Waals surface area contributed by atoms with Gasteiger partial charge in [0.15, 0.2) is 0 Å². The Labute approximate surface area is 147 Å². The molecule has 0 atom stereocenters. The van der Waals surface area contributed by atoms with Crippen molar-refractivity contribution >= 4 is 17.5 Å². The number of anilines is 1. The topological polar surface area (TPSA) is 79.8 Å². The smallest absolute Gasteiger partial charge is 0.257 e. The fourth-order valence-corrected chi connectivity index (χ4v) is 3.17. The Kier molecular flexibility index (Phi) is 4.53. The van der Waals surface area contributed by atoms with E-state index in [1.54, 1.807) is 34.9 Å². The van der Waals surface area contributed by atoms with Crippen LogP contribution in [0.2, 0.25) is 0 Å². The summed E-state index contributed by atoms with van der Waals surface area (Å²) in [5.74, 6) is 1.29. The molecule has 1 fully saturated rings. The van der Waals surface area contributed by atoms with Crippen LogP contribution in [-0.2, 0) is 0 Å². The minimum absolute atomic E-state index is 0.0350. The zero-order chi connectivity index (χ0) is 18.1. The molecular formula is C19H23N3O3. The van der Waals surface area contributed by atoms with Gasteiger partial charge in [0.1, 0.15) is 11.5 Å². The second-order valence-electron chi connectivity index (χ2n) is 6.49. The van der Waals surface area contributed by atoms with Crippen molar-refractivity contribution in [3.63, 3.8) is 0 Å². The van der Waals surface area contributed by atoms with Crippen molar-refractivity contribution < 1.29 is 14.0 Å². The Morgan fingerprint density at radius 1 is 0.920 bits per heavy atom. The number of hydrogen-bond acceptors (Lipinski definition) is 4. The van der Waals surface area contributed by atoms with Crippen molar-refractivity contribution in [2.45, 2.75) is 20.8 Å². The Morgan fingerprint density at radius 2 is 1.48 bits per heavy atom. The summed E-state index contributed by atoms with van der Waals surface area (Å²) in [6.45, 7) is 7.56. The molecule has 1 aliphatic heterocycles. The molecule has 6 nitrogen and oxygen atoms in total. The van der Waals surface area contributed by atoms with Crippen molar-refractivity contribution in [2.75, 3.05) is 31.9 Å². The summed E-state index contributed by atoms with van der Waals surface area (Å²) in [5, 5.41) is 0. The van der Waals surface area contributed by atoms with Crippen LogP contribution < -0.4 is 5.73 Å². The van der Waals surface area contributed by atoms with Crippen molar-refractivity contribution in [1.82, 2.24) is 9.80 Å². The quantitative estimate of drug-likeness (QED) is 0.851. The van der Waals surface area contributed by atoms with E-state index < -0.39 is 0 Å². The van der Waals surface area contributed by atoms with Crippen LogP contribution >= 0.6 is 0 Å².